The summed E-state index contributed by atoms with van der Waals surface area (Å²) in [7, 11) is 0.821. The molecule has 2 aliphatic rings. The van der Waals surface area contributed by atoms with Crippen LogP contribution in [0.15, 0.2) is 112 Å². The van der Waals surface area contributed by atoms with Crippen molar-refractivity contribution in [3.05, 3.63) is 145 Å². The topological polar surface area (TPSA) is 284 Å². The normalized spacial score (nSPS) is 19.6. The summed E-state index contributed by atoms with van der Waals surface area (Å²) in [6.45, 7) is 11.5. The number of amides is 3. The summed E-state index contributed by atoms with van der Waals surface area (Å²) >= 11 is 0. The highest BCUT2D eigenvalue weighted by Gasteiger charge is 2.56. The van der Waals surface area contributed by atoms with Crippen LogP contribution in [0.25, 0.3) is 11.2 Å². The number of rotatable bonds is 38. The van der Waals surface area contributed by atoms with Crippen LogP contribution in [0.5, 0.6) is 11.5 Å². The first kappa shape index (κ1) is 76.1. The van der Waals surface area contributed by atoms with E-state index < -0.39 is 127 Å². The summed E-state index contributed by atoms with van der Waals surface area (Å²) < 4.78 is 77.1. The first-order valence-corrected chi connectivity index (χ1v) is 36.6. The van der Waals surface area contributed by atoms with Crippen molar-refractivity contribution in [3.63, 3.8) is 0 Å². The molecule has 2 saturated heterocycles. The number of hydrogen-bond donors (Lipinski definition) is 3. The Morgan fingerprint density at radius 1 is 0.735 bits per heavy atom. The number of hydrogen-bond acceptors (Lipinski definition) is 16. The molecule has 0 saturated carbocycles. The van der Waals surface area contributed by atoms with Crippen LogP contribution in [0, 0.1) is 23.2 Å². The number of unbranched alkanes of at least 4 members (excludes halogenated alkanes) is 13. The first-order chi connectivity index (χ1) is 47.2. The molecule has 532 valence electrons. The second kappa shape index (κ2) is 35.9. The summed E-state index contributed by atoms with van der Waals surface area (Å²) in [5, 5.41) is 12.8. The third-order valence-corrected chi connectivity index (χ3v) is 23.3. The molecule has 98 heavy (non-hydrogen) atoms. The summed E-state index contributed by atoms with van der Waals surface area (Å²) in [5.41, 5.74) is -3.10. The summed E-state index contributed by atoms with van der Waals surface area (Å²) in [4.78, 5) is 99.3. The Labute approximate surface area is 573 Å². The second-order valence-electron chi connectivity index (χ2n) is 26.5. The van der Waals surface area contributed by atoms with Crippen molar-refractivity contribution >= 4 is 42.1 Å². The zero-order valence-corrected chi connectivity index (χ0v) is 59.4. The number of aromatic amines is 2. The Balaban J connectivity index is 1.20. The van der Waals surface area contributed by atoms with Crippen LogP contribution < -0.4 is 31.6 Å². The maximum atomic E-state index is 18.7. The van der Waals surface area contributed by atoms with Crippen molar-refractivity contribution in [2.75, 3.05) is 46.3 Å². The third-order valence-electron chi connectivity index (χ3n) is 19.1. The lowest BCUT2D eigenvalue weighted by molar-refractivity contribution is -0.149. The van der Waals surface area contributed by atoms with E-state index >= 15 is 18.5 Å². The Morgan fingerprint density at radius 2 is 1.30 bits per heavy atom. The van der Waals surface area contributed by atoms with Gasteiger partial charge in [-0.05, 0) is 47.4 Å². The molecule has 6 aromatic rings. The zero-order chi connectivity index (χ0) is 70.7. The maximum absolute atomic E-state index is 18.7. The van der Waals surface area contributed by atoms with Crippen molar-refractivity contribution in [2.24, 2.45) is 11.8 Å². The highest BCUT2D eigenvalue weighted by molar-refractivity contribution is 7.62. The van der Waals surface area contributed by atoms with E-state index in [2.05, 4.69) is 38.2 Å². The van der Waals surface area contributed by atoms with Gasteiger partial charge in [-0.3, -0.25) is 53.3 Å². The lowest BCUT2D eigenvalue weighted by Crippen LogP contribution is -2.52. The van der Waals surface area contributed by atoms with Crippen LogP contribution >= 0.6 is 7.29 Å². The number of halogens is 1. The van der Waals surface area contributed by atoms with Crippen molar-refractivity contribution in [1.29, 1.82) is 5.26 Å². The van der Waals surface area contributed by atoms with Crippen LogP contribution in [0.4, 0.5) is 10.3 Å². The number of imide groups is 1. The first-order valence-electron chi connectivity index (χ1n) is 34.8. The molecule has 3 aromatic carbocycles. The van der Waals surface area contributed by atoms with Gasteiger partial charge >= 0.3 is 5.69 Å². The SMILES string of the molecule is CCCCCCCCCCCCCCCCC(=O)N(C[C@H]1O[C@@H](n2cnc3c(=O)[nH]c(NC(=O)C(C)C)nc32)[C@H](F)[C@@H]1N(CCC#N)P(=O)(C(C)C)C(C)C)C(=O)C[C@H]1[C@@H](OC)[C@H](n2ccc(=O)[nH]c2=O)O[C@@H]1COC(c1ccccc1)(c1ccc(OC)cc1)c1ccc(OC)cc1. The minimum atomic E-state index is -3.72. The average Bonchev–Trinajstić information content (AvgIpc) is 1.38. The lowest BCUT2D eigenvalue weighted by Gasteiger charge is -2.43. The standard InChI is InChI=1S/C73H100FN10O13P/c1-11-12-13-14-15-16-17-18-19-20-21-22-23-27-31-60(86)82(45-57-64(84(42-28-41-75)98(91,49(4)5)50(6)7)62(74)69(96-57)83-47-76-63-66(83)78-71(80-68(63)89)79-67(88)48(2)3)61(87)44-56-58(97-70(65(56)94-10)81-43-40-59(85)77-72(81)90)46-95-73(51-29-25-24-26-30-51,52-32-36-54(92-8)37-33-52)53-34-38-55(93-9)39-35-53/h24-26,29-30,32-40,43,47-50,56-58,62,64-65,69-70H,11-23,27-28,31,42,44-46H2,1-10H3,(H,77,85,90)(H2,78,79,80,88,89)/t56-,57-,58-,62-,64-,65-,69-,70-/m1/s1. The number of methoxy groups -OCH3 is 3. The molecule has 5 heterocycles. The lowest BCUT2D eigenvalue weighted by atomic mass is 9.79. The van der Waals surface area contributed by atoms with Gasteiger partial charge in [0.1, 0.15) is 23.2 Å². The number of fused-ring (bicyclic) bond motifs is 1. The molecule has 0 bridgehead atoms. The van der Waals surface area contributed by atoms with E-state index in [0.29, 0.717) is 41.0 Å². The predicted molar refractivity (Wildman–Crippen MR) is 373 cm³/mol. The number of benzene rings is 3. The van der Waals surface area contributed by atoms with Gasteiger partial charge in [0.15, 0.2) is 37.1 Å². The number of imidazole rings is 1. The van der Waals surface area contributed by atoms with E-state index in [9.17, 15) is 24.4 Å². The molecule has 0 radical (unpaired) electrons. The second-order valence-corrected chi connectivity index (χ2v) is 30.4. The highest BCUT2D eigenvalue weighted by atomic mass is 31.2. The smallest absolute Gasteiger partial charge is 0.330 e. The molecular weight excluding hydrogens is 1270 g/mol. The summed E-state index contributed by atoms with van der Waals surface area (Å²) in [6.07, 6.45) is 7.87. The van der Waals surface area contributed by atoms with E-state index in [0.717, 1.165) is 36.6 Å². The van der Waals surface area contributed by atoms with E-state index in [4.69, 9.17) is 28.4 Å². The van der Waals surface area contributed by atoms with Crippen LogP contribution in [0.1, 0.15) is 187 Å². The van der Waals surface area contributed by atoms with Gasteiger partial charge in [-0.25, -0.2) is 18.8 Å². The van der Waals surface area contributed by atoms with Crippen molar-refractivity contribution in [3.8, 4) is 17.6 Å². The predicted octanol–water partition coefficient (Wildman–Crippen LogP) is 12.4. The zero-order valence-electron chi connectivity index (χ0n) is 58.5. The monoisotopic (exact) mass is 1370 g/mol. The molecule has 0 aliphatic carbocycles. The van der Waals surface area contributed by atoms with Crippen molar-refractivity contribution in [1.82, 2.24) is 38.6 Å². The fourth-order valence-corrected chi connectivity index (χ4v) is 17.3. The van der Waals surface area contributed by atoms with Gasteiger partial charge in [-0.2, -0.15) is 10.2 Å². The molecule has 3 amide bonds. The Kier molecular flexibility index (Phi) is 27.9. The van der Waals surface area contributed by atoms with Crippen molar-refractivity contribution in [2.45, 2.75) is 218 Å². The minimum absolute atomic E-state index is 0.0951. The number of nitrogens with zero attached hydrogens (tertiary/aromatic N) is 7. The molecule has 3 aromatic heterocycles. The third kappa shape index (κ3) is 17.8. The van der Waals surface area contributed by atoms with Gasteiger partial charge in [0.25, 0.3) is 11.1 Å². The number of nitrogens with one attached hydrogen (secondary N) is 3. The van der Waals surface area contributed by atoms with Crippen molar-refractivity contribution < 1.29 is 51.8 Å². The van der Waals surface area contributed by atoms with E-state index in [1.807, 2.05) is 78.9 Å². The summed E-state index contributed by atoms with van der Waals surface area (Å²) in [6, 6.07) is 26.1. The number of H-pyrrole nitrogens is 2. The number of anilines is 1. The molecule has 0 spiro atoms. The molecule has 8 atom stereocenters. The quantitative estimate of drug-likeness (QED) is 0.0184. The molecule has 2 aliphatic heterocycles. The number of aromatic nitrogens is 6. The van der Waals surface area contributed by atoms with Crippen LogP contribution in [0.2, 0.25) is 0 Å². The fraction of sp³-hybridized carbons (Fsp3) is 0.575. The highest BCUT2D eigenvalue weighted by Crippen LogP contribution is 2.61. The van der Waals surface area contributed by atoms with E-state index in [-0.39, 0.29) is 43.1 Å². The molecular formula is C73H100FN10O13P. The Bertz CT molecular complexity index is 3780. The van der Waals surface area contributed by atoms with Crippen LogP contribution in [0.3, 0.4) is 0 Å². The van der Waals surface area contributed by atoms with Crippen LogP contribution in [-0.4, -0.2) is 139 Å². The number of ether oxygens (including phenoxy) is 6. The molecule has 23 nitrogen and oxygen atoms in total. The van der Waals surface area contributed by atoms with Gasteiger partial charge in [-0.1, -0.05) is 187 Å². The van der Waals surface area contributed by atoms with Gasteiger partial charge in [0, 0.05) is 68.3 Å². The van der Waals surface area contributed by atoms with E-state index in [1.54, 1.807) is 55.8 Å². The minimum Gasteiger partial charge on any atom is -0.497 e. The van der Waals surface area contributed by atoms with Gasteiger partial charge in [0.05, 0.1) is 58.0 Å². The van der Waals surface area contributed by atoms with Crippen LogP contribution in [-0.2, 0) is 43.5 Å². The molecule has 3 N–H and O–H groups in total. The largest absolute Gasteiger partial charge is 0.497 e. The molecule has 8 rings (SSSR count). The van der Waals surface area contributed by atoms with Gasteiger partial charge < -0.3 is 33.0 Å². The Morgan fingerprint density at radius 3 is 1.83 bits per heavy atom. The van der Waals surface area contributed by atoms with E-state index in [1.165, 1.54) is 84.8 Å². The average molecular weight is 1380 g/mol. The fourth-order valence-electron chi connectivity index (χ4n) is 13.8. The Hall–Kier alpha value is -7.65. The molecule has 0 unspecified atom stereocenters. The number of carbonyl (C=O) groups is 3. The summed E-state index contributed by atoms with van der Waals surface area (Å²) in [5.74, 6) is -2.40. The van der Waals surface area contributed by atoms with Gasteiger partial charge in [0.2, 0.25) is 23.7 Å². The maximum Gasteiger partial charge on any atom is 0.330 e. The number of alkyl halides is 1. The number of nitriles is 1. The molecule has 25 heteroatoms. The molecule has 2 fully saturated rings. The van der Waals surface area contributed by atoms with Gasteiger partial charge in [-0.15, -0.1) is 0 Å². The number of carbonyl (C=O) groups excluding carboxylic acids is 3.